The van der Waals surface area contributed by atoms with Crippen molar-refractivity contribution in [3.8, 4) is 0 Å². The second kappa shape index (κ2) is 4.68. The van der Waals surface area contributed by atoms with Crippen molar-refractivity contribution in [1.82, 2.24) is 0 Å². The minimum Gasteiger partial charge on any atom is -0.479 e. The molecule has 2 heterocycles. The molecule has 7 heteroatoms. The smallest absolute Gasteiger partial charge is 0.335 e. The van der Waals surface area contributed by atoms with Crippen LogP contribution in [-0.4, -0.2) is 52.4 Å². The molecule has 19 heavy (non-hydrogen) atoms. The van der Waals surface area contributed by atoms with Crippen LogP contribution >= 0.6 is 0 Å². The number of aliphatic carboxylic acids is 1. The summed E-state index contributed by atoms with van der Waals surface area (Å²) in [4.78, 5) is 11.2. The van der Waals surface area contributed by atoms with Gasteiger partial charge in [-0.3, -0.25) is 0 Å². The number of aliphatic hydroxyl groups is 1. The highest BCUT2D eigenvalue weighted by atomic mass is 16.8. The summed E-state index contributed by atoms with van der Waals surface area (Å²) < 4.78 is 21.8. The minimum absolute atomic E-state index is 0.307. The van der Waals surface area contributed by atoms with Crippen LogP contribution in [0, 0.1) is 0 Å². The lowest BCUT2D eigenvalue weighted by atomic mass is 10.0. The molecule has 0 spiro atoms. The summed E-state index contributed by atoms with van der Waals surface area (Å²) in [5.74, 6) is -3.40. The van der Waals surface area contributed by atoms with Crippen LogP contribution in [0.3, 0.4) is 0 Å². The Morgan fingerprint density at radius 2 is 2.00 bits per heavy atom. The van der Waals surface area contributed by atoms with Crippen LogP contribution < -0.4 is 0 Å². The van der Waals surface area contributed by atoms with Crippen molar-refractivity contribution in [2.24, 2.45) is 0 Å². The number of carboxylic acid groups (broad SMARTS) is 1. The molecule has 2 rings (SSSR count). The van der Waals surface area contributed by atoms with E-state index < -0.39 is 42.1 Å². The second-order valence-corrected chi connectivity index (χ2v) is 5.76. The molecule has 2 aliphatic heterocycles. The first-order valence-corrected chi connectivity index (χ1v) is 6.21. The summed E-state index contributed by atoms with van der Waals surface area (Å²) in [5, 5.41) is 18.8. The van der Waals surface area contributed by atoms with E-state index in [1.54, 1.807) is 13.8 Å². The molecule has 1 unspecified atom stereocenters. The standard InChI is InChI=1S/C12H20O7/c1-11(2,15)18-7-5-6-8(9(16-7)10(13)14)19-12(3,4)17-6/h6-9,15H,5H2,1-4H3,(H,13,14)/t6-,7?,8-,9+/m1/s1. The van der Waals surface area contributed by atoms with Crippen molar-refractivity contribution >= 4 is 5.97 Å². The van der Waals surface area contributed by atoms with Gasteiger partial charge in [-0.05, 0) is 27.7 Å². The third-order valence-electron chi connectivity index (χ3n) is 2.91. The summed E-state index contributed by atoms with van der Waals surface area (Å²) >= 11 is 0. The summed E-state index contributed by atoms with van der Waals surface area (Å²) in [7, 11) is 0. The van der Waals surface area contributed by atoms with Gasteiger partial charge in [-0.2, -0.15) is 0 Å². The lowest BCUT2D eigenvalue weighted by Gasteiger charge is -2.36. The molecular weight excluding hydrogens is 256 g/mol. The predicted octanol–water partition coefficient (Wildman–Crippen LogP) is 0.451. The van der Waals surface area contributed by atoms with Gasteiger partial charge < -0.3 is 29.2 Å². The Labute approximate surface area is 111 Å². The first kappa shape index (κ1) is 14.7. The van der Waals surface area contributed by atoms with Crippen LogP contribution in [0.2, 0.25) is 0 Å². The van der Waals surface area contributed by atoms with Gasteiger partial charge in [0.2, 0.25) is 0 Å². The molecule has 0 radical (unpaired) electrons. The fraction of sp³-hybridized carbons (Fsp3) is 0.917. The summed E-state index contributed by atoms with van der Waals surface area (Å²) in [6.45, 7) is 6.34. The van der Waals surface area contributed by atoms with Crippen LogP contribution in [0.5, 0.6) is 0 Å². The lowest BCUT2D eigenvalue weighted by molar-refractivity contribution is -0.309. The van der Waals surface area contributed by atoms with Gasteiger partial charge in [0.1, 0.15) is 6.10 Å². The molecule has 2 aliphatic rings. The van der Waals surface area contributed by atoms with Gasteiger partial charge in [0.05, 0.1) is 6.10 Å². The van der Waals surface area contributed by atoms with Crippen molar-refractivity contribution in [1.29, 1.82) is 0 Å². The van der Waals surface area contributed by atoms with E-state index in [0.717, 1.165) is 0 Å². The zero-order valence-electron chi connectivity index (χ0n) is 11.5. The van der Waals surface area contributed by atoms with Crippen LogP contribution in [0.1, 0.15) is 34.1 Å². The molecule has 2 N–H and O–H groups in total. The maximum atomic E-state index is 11.2. The molecule has 0 aromatic heterocycles. The van der Waals surface area contributed by atoms with E-state index >= 15 is 0 Å². The fourth-order valence-electron chi connectivity index (χ4n) is 2.38. The normalized spacial score (nSPS) is 37.9. The summed E-state index contributed by atoms with van der Waals surface area (Å²) in [5.41, 5.74) is 0. The van der Waals surface area contributed by atoms with Crippen LogP contribution in [0.4, 0.5) is 0 Å². The zero-order chi connectivity index (χ0) is 14.4. The largest absolute Gasteiger partial charge is 0.479 e. The highest BCUT2D eigenvalue weighted by Crippen LogP contribution is 2.38. The fourth-order valence-corrected chi connectivity index (χ4v) is 2.38. The van der Waals surface area contributed by atoms with Gasteiger partial charge in [-0.15, -0.1) is 0 Å². The van der Waals surface area contributed by atoms with Crippen molar-refractivity contribution in [2.45, 2.75) is 70.3 Å². The number of fused-ring (bicyclic) bond motifs is 1. The van der Waals surface area contributed by atoms with Gasteiger partial charge in [0.15, 0.2) is 24.0 Å². The number of rotatable bonds is 3. The number of hydrogen-bond acceptors (Lipinski definition) is 6. The average molecular weight is 276 g/mol. The third kappa shape index (κ3) is 3.43. The molecule has 0 aromatic carbocycles. The van der Waals surface area contributed by atoms with Gasteiger partial charge in [0.25, 0.3) is 0 Å². The molecule has 0 aromatic rings. The highest BCUT2D eigenvalue weighted by molar-refractivity contribution is 5.73. The molecule has 0 aliphatic carbocycles. The Balaban J connectivity index is 2.13. The molecule has 110 valence electrons. The molecule has 7 nitrogen and oxygen atoms in total. The second-order valence-electron chi connectivity index (χ2n) is 5.76. The van der Waals surface area contributed by atoms with E-state index in [1.165, 1.54) is 13.8 Å². The summed E-state index contributed by atoms with van der Waals surface area (Å²) in [6.07, 6.45) is -2.82. The quantitative estimate of drug-likeness (QED) is 0.723. The number of carboxylic acids is 1. The van der Waals surface area contributed by atoms with E-state index in [4.69, 9.17) is 18.9 Å². The Kier molecular flexibility index (Phi) is 3.61. The molecular formula is C12H20O7. The van der Waals surface area contributed by atoms with Crippen LogP contribution in [0.15, 0.2) is 0 Å². The van der Waals surface area contributed by atoms with E-state index in [-0.39, 0.29) is 0 Å². The first-order chi connectivity index (χ1) is 8.57. The lowest BCUT2D eigenvalue weighted by Crippen LogP contribution is -2.52. The maximum Gasteiger partial charge on any atom is 0.335 e. The first-order valence-electron chi connectivity index (χ1n) is 6.21. The van der Waals surface area contributed by atoms with E-state index in [2.05, 4.69) is 0 Å². The molecule has 2 fully saturated rings. The molecule has 0 bridgehead atoms. The van der Waals surface area contributed by atoms with Crippen molar-refractivity contribution in [3.05, 3.63) is 0 Å². The predicted molar refractivity (Wildman–Crippen MR) is 62.1 cm³/mol. The SMILES string of the molecule is CC(C)(O)OC1C[C@H]2OC(C)(C)O[C@H]2[C@@H](C(=O)O)O1. The van der Waals surface area contributed by atoms with Crippen LogP contribution in [-0.2, 0) is 23.7 Å². The number of hydrogen-bond donors (Lipinski definition) is 2. The molecule has 4 atom stereocenters. The zero-order valence-corrected chi connectivity index (χ0v) is 11.5. The minimum atomic E-state index is -1.41. The third-order valence-corrected chi connectivity index (χ3v) is 2.91. The van der Waals surface area contributed by atoms with E-state index in [9.17, 15) is 15.0 Å². The van der Waals surface area contributed by atoms with Crippen molar-refractivity contribution < 1.29 is 34.0 Å². The number of ether oxygens (including phenoxy) is 4. The van der Waals surface area contributed by atoms with E-state index in [1.807, 2.05) is 0 Å². The van der Waals surface area contributed by atoms with Gasteiger partial charge >= 0.3 is 5.97 Å². The Bertz CT molecular complexity index is 360. The monoisotopic (exact) mass is 276 g/mol. The van der Waals surface area contributed by atoms with E-state index in [0.29, 0.717) is 6.42 Å². The summed E-state index contributed by atoms with van der Waals surface area (Å²) in [6, 6.07) is 0. The Morgan fingerprint density at radius 3 is 2.53 bits per heavy atom. The number of carbonyl (C=O) groups is 1. The topological polar surface area (TPSA) is 94.5 Å². The van der Waals surface area contributed by atoms with Gasteiger partial charge in [0, 0.05) is 6.42 Å². The molecule has 0 amide bonds. The Hall–Kier alpha value is -0.730. The average Bonchev–Trinajstić information content (AvgIpc) is 2.47. The van der Waals surface area contributed by atoms with Crippen LogP contribution in [0.25, 0.3) is 0 Å². The molecule has 2 saturated heterocycles. The maximum absolute atomic E-state index is 11.2. The van der Waals surface area contributed by atoms with Crippen molar-refractivity contribution in [2.75, 3.05) is 0 Å². The Morgan fingerprint density at radius 1 is 1.37 bits per heavy atom. The highest BCUT2D eigenvalue weighted by Gasteiger charge is 2.53. The van der Waals surface area contributed by atoms with Gasteiger partial charge in [-0.1, -0.05) is 0 Å². The van der Waals surface area contributed by atoms with Gasteiger partial charge in [-0.25, -0.2) is 4.79 Å². The molecule has 0 saturated carbocycles. The van der Waals surface area contributed by atoms with Crippen molar-refractivity contribution in [3.63, 3.8) is 0 Å².